The van der Waals surface area contributed by atoms with E-state index in [1.165, 1.54) is 0 Å². The zero-order chi connectivity index (χ0) is 12.5. The number of amides is 1. The van der Waals surface area contributed by atoms with Gasteiger partial charge in [-0.25, -0.2) is 0 Å². The molecule has 0 bridgehead atoms. The monoisotopic (exact) mass is 241 g/mol. The van der Waals surface area contributed by atoms with Gasteiger partial charge in [-0.05, 0) is 39.2 Å². The summed E-state index contributed by atoms with van der Waals surface area (Å²) >= 11 is 0. The Bertz CT molecular complexity index is 285. The molecule has 1 amide bonds. The first kappa shape index (κ1) is 12.8. The summed E-state index contributed by atoms with van der Waals surface area (Å²) in [5.41, 5.74) is 5.29. The highest BCUT2D eigenvalue weighted by Crippen LogP contribution is 2.31. The molecule has 2 aliphatic rings. The van der Waals surface area contributed by atoms with Crippen molar-refractivity contribution in [3.63, 3.8) is 0 Å². The van der Waals surface area contributed by atoms with Crippen LogP contribution in [-0.2, 0) is 4.79 Å². The third-order valence-corrected chi connectivity index (χ3v) is 3.65. The Labute approximate surface area is 102 Å². The molecule has 1 heterocycles. The molecular weight excluding hydrogens is 218 g/mol. The molecule has 1 saturated carbocycles. The molecule has 0 radical (unpaired) electrons. The van der Waals surface area contributed by atoms with E-state index in [0.29, 0.717) is 19.4 Å². The normalized spacial score (nSPS) is 38.5. The number of nitrogens with zero attached hydrogens (tertiary/aromatic N) is 1. The first-order valence-corrected chi connectivity index (χ1v) is 6.44. The van der Waals surface area contributed by atoms with E-state index in [1.54, 1.807) is 6.92 Å². The zero-order valence-corrected chi connectivity index (χ0v) is 10.5. The second-order valence-electron chi connectivity index (χ2n) is 5.81. The predicted molar refractivity (Wildman–Crippen MR) is 65.4 cm³/mol. The second kappa shape index (κ2) is 4.92. The smallest absolute Gasteiger partial charge is 0.234 e. The first-order chi connectivity index (χ1) is 7.94. The van der Waals surface area contributed by atoms with Crippen LogP contribution >= 0.6 is 0 Å². The van der Waals surface area contributed by atoms with E-state index in [0.717, 1.165) is 25.9 Å². The number of hydrogen-bond acceptors (Lipinski definition) is 4. The van der Waals surface area contributed by atoms with Crippen LogP contribution in [0.3, 0.4) is 0 Å². The largest absolute Gasteiger partial charge is 0.390 e. The van der Waals surface area contributed by atoms with E-state index in [4.69, 9.17) is 5.73 Å². The fraction of sp³-hybridized carbons (Fsp3) is 0.917. The molecule has 2 fully saturated rings. The standard InChI is InChI=1S/C12H23N3O2/c1-12(17)5-10(6-12)14-11(16)8-15-4-2-3-9(13)7-15/h9-10,17H,2-8,13H2,1H3,(H,14,16)/t9-,10-,12+/m1/s1. The Morgan fingerprint density at radius 1 is 1.59 bits per heavy atom. The van der Waals surface area contributed by atoms with Gasteiger partial charge in [0.15, 0.2) is 0 Å². The summed E-state index contributed by atoms with van der Waals surface area (Å²) in [5.74, 6) is 0.0552. The number of nitrogens with two attached hydrogens (primary N) is 1. The number of piperidine rings is 1. The third kappa shape index (κ3) is 3.66. The van der Waals surface area contributed by atoms with Crippen LogP contribution in [-0.4, -0.2) is 53.2 Å². The van der Waals surface area contributed by atoms with Crippen molar-refractivity contribution >= 4 is 5.91 Å². The third-order valence-electron chi connectivity index (χ3n) is 3.65. The second-order valence-corrected chi connectivity index (χ2v) is 5.81. The van der Waals surface area contributed by atoms with E-state index >= 15 is 0 Å². The molecule has 1 saturated heterocycles. The molecule has 1 aliphatic heterocycles. The molecule has 98 valence electrons. The Balaban J connectivity index is 1.67. The van der Waals surface area contributed by atoms with Crippen LogP contribution in [0.2, 0.25) is 0 Å². The van der Waals surface area contributed by atoms with Crippen molar-refractivity contribution < 1.29 is 9.90 Å². The van der Waals surface area contributed by atoms with E-state index < -0.39 is 5.60 Å². The van der Waals surface area contributed by atoms with Gasteiger partial charge < -0.3 is 16.2 Å². The molecule has 4 N–H and O–H groups in total. The van der Waals surface area contributed by atoms with Crippen LogP contribution in [0.25, 0.3) is 0 Å². The lowest BCUT2D eigenvalue weighted by atomic mass is 9.77. The molecule has 5 heteroatoms. The number of aliphatic hydroxyl groups is 1. The summed E-state index contributed by atoms with van der Waals surface area (Å²) in [6.07, 6.45) is 3.46. The van der Waals surface area contributed by atoms with Gasteiger partial charge in [-0.1, -0.05) is 0 Å². The molecule has 1 aliphatic carbocycles. The number of hydrogen-bond donors (Lipinski definition) is 3. The quantitative estimate of drug-likeness (QED) is 0.619. The number of rotatable bonds is 3. The van der Waals surface area contributed by atoms with Crippen molar-refractivity contribution in [2.24, 2.45) is 5.73 Å². The van der Waals surface area contributed by atoms with Crippen molar-refractivity contribution in [1.82, 2.24) is 10.2 Å². The van der Waals surface area contributed by atoms with Crippen molar-refractivity contribution in [2.75, 3.05) is 19.6 Å². The van der Waals surface area contributed by atoms with Crippen LogP contribution in [0.5, 0.6) is 0 Å². The highest BCUT2D eigenvalue weighted by Gasteiger charge is 2.39. The Morgan fingerprint density at radius 2 is 2.29 bits per heavy atom. The summed E-state index contributed by atoms with van der Waals surface area (Å²) in [4.78, 5) is 13.9. The minimum absolute atomic E-state index is 0.0552. The Kier molecular flexibility index (Phi) is 3.70. The highest BCUT2D eigenvalue weighted by atomic mass is 16.3. The van der Waals surface area contributed by atoms with Gasteiger partial charge in [0.2, 0.25) is 5.91 Å². The van der Waals surface area contributed by atoms with Crippen molar-refractivity contribution in [3.8, 4) is 0 Å². The van der Waals surface area contributed by atoms with E-state index in [2.05, 4.69) is 10.2 Å². The number of carbonyl (C=O) groups is 1. The summed E-state index contributed by atoms with van der Waals surface area (Å²) in [6, 6.07) is 0.358. The maximum atomic E-state index is 11.8. The number of carbonyl (C=O) groups excluding carboxylic acids is 1. The van der Waals surface area contributed by atoms with Gasteiger partial charge in [0.25, 0.3) is 0 Å². The molecule has 5 nitrogen and oxygen atoms in total. The molecule has 17 heavy (non-hydrogen) atoms. The van der Waals surface area contributed by atoms with Gasteiger partial charge >= 0.3 is 0 Å². The fourth-order valence-corrected chi connectivity index (χ4v) is 2.82. The van der Waals surface area contributed by atoms with Crippen molar-refractivity contribution in [1.29, 1.82) is 0 Å². The molecule has 0 aromatic rings. The molecule has 0 unspecified atom stereocenters. The first-order valence-electron chi connectivity index (χ1n) is 6.44. The molecule has 2 rings (SSSR count). The Morgan fingerprint density at radius 3 is 2.88 bits per heavy atom. The van der Waals surface area contributed by atoms with Crippen LogP contribution < -0.4 is 11.1 Å². The van der Waals surface area contributed by atoms with Gasteiger partial charge in [-0.3, -0.25) is 9.69 Å². The molecule has 0 aromatic heterocycles. The number of likely N-dealkylation sites (tertiary alicyclic amines) is 1. The SMILES string of the molecule is C[C@]1(O)C[C@@H](NC(=O)CN2CCC[C@@H](N)C2)C1. The summed E-state index contributed by atoms with van der Waals surface area (Å²) in [5, 5.41) is 12.5. The highest BCUT2D eigenvalue weighted by molar-refractivity contribution is 5.78. The minimum atomic E-state index is -0.578. The van der Waals surface area contributed by atoms with E-state index in [1.807, 2.05) is 0 Å². The van der Waals surface area contributed by atoms with Gasteiger partial charge in [-0.2, -0.15) is 0 Å². The predicted octanol–water partition coefficient (Wildman–Crippen LogP) is -0.561. The summed E-state index contributed by atoms with van der Waals surface area (Å²) < 4.78 is 0. The van der Waals surface area contributed by atoms with Gasteiger partial charge in [0, 0.05) is 18.6 Å². The number of nitrogens with one attached hydrogen (secondary N) is 1. The average molecular weight is 241 g/mol. The van der Waals surface area contributed by atoms with E-state index in [-0.39, 0.29) is 18.0 Å². The fourth-order valence-electron chi connectivity index (χ4n) is 2.82. The average Bonchev–Trinajstić information content (AvgIpc) is 2.14. The molecule has 0 spiro atoms. The van der Waals surface area contributed by atoms with Crippen molar-refractivity contribution in [3.05, 3.63) is 0 Å². The van der Waals surface area contributed by atoms with Gasteiger partial charge in [0.05, 0.1) is 12.1 Å². The van der Waals surface area contributed by atoms with Crippen LogP contribution in [0, 0.1) is 0 Å². The topological polar surface area (TPSA) is 78.6 Å². The lowest BCUT2D eigenvalue weighted by Gasteiger charge is -2.41. The lowest BCUT2D eigenvalue weighted by molar-refractivity contribution is -0.126. The summed E-state index contributed by atoms with van der Waals surface area (Å²) in [7, 11) is 0. The van der Waals surface area contributed by atoms with Crippen LogP contribution in [0.4, 0.5) is 0 Å². The minimum Gasteiger partial charge on any atom is -0.390 e. The van der Waals surface area contributed by atoms with E-state index in [9.17, 15) is 9.90 Å². The summed E-state index contributed by atoms with van der Waals surface area (Å²) in [6.45, 7) is 4.02. The molecule has 0 aromatic carbocycles. The Hall–Kier alpha value is -0.650. The maximum Gasteiger partial charge on any atom is 0.234 e. The molecule has 1 atom stereocenters. The van der Waals surface area contributed by atoms with Gasteiger partial charge in [0.1, 0.15) is 0 Å². The lowest BCUT2D eigenvalue weighted by Crippen LogP contribution is -2.55. The van der Waals surface area contributed by atoms with Crippen molar-refractivity contribution in [2.45, 2.75) is 50.3 Å². The van der Waals surface area contributed by atoms with Gasteiger partial charge in [-0.15, -0.1) is 0 Å². The van der Waals surface area contributed by atoms with Crippen LogP contribution in [0.15, 0.2) is 0 Å². The molecular formula is C12H23N3O2. The maximum absolute atomic E-state index is 11.8. The zero-order valence-electron chi connectivity index (χ0n) is 10.5. The van der Waals surface area contributed by atoms with Crippen LogP contribution in [0.1, 0.15) is 32.6 Å².